The molecular weight excluding hydrogens is 266 g/mol. The van der Waals surface area contributed by atoms with E-state index in [0.29, 0.717) is 5.69 Å². The molecule has 0 radical (unpaired) electrons. The molecule has 2 rings (SSSR count). The van der Waals surface area contributed by atoms with Crippen LogP contribution in [0.3, 0.4) is 0 Å². The standard InChI is InChI=1S/C16H15N3O2/c1-12(9-13-5-3-2-4-6-13)18-15-8-7-14(11-17)16(10-15)19(20)21/h2-8,10,12,18H,9H2,1H3. The topological polar surface area (TPSA) is 79.0 Å². The first-order valence-electron chi connectivity index (χ1n) is 6.59. The Morgan fingerprint density at radius 2 is 2.00 bits per heavy atom. The minimum atomic E-state index is -0.536. The molecule has 0 saturated carbocycles. The van der Waals surface area contributed by atoms with Gasteiger partial charge in [0.15, 0.2) is 0 Å². The van der Waals surface area contributed by atoms with Crippen LogP contribution in [0.4, 0.5) is 11.4 Å². The number of nitrogens with zero attached hydrogens (tertiary/aromatic N) is 2. The second-order valence-electron chi connectivity index (χ2n) is 4.84. The largest absolute Gasteiger partial charge is 0.382 e. The Bertz CT molecular complexity index is 678. The third kappa shape index (κ3) is 3.80. The van der Waals surface area contributed by atoms with Gasteiger partial charge in [0.05, 0.1) is 4.92 Å². The Labute approximate surface area is 123 Å². The van der Waals surface area contributed by atoms with Crippen LogP contribution in [0.1, 0.15) is 18.1 Å². The third-order valence-electron chi connectivity index (χ3n) is 3.11. The Morgan fingerprint density at radius 3 is 2.62 bits per heavy atom. The highest BCUT2D eigenvalue weighted by Crippen LogP contribution is 2.23. The molecular formula is C16H15N3O2. The zero-order chi connectivity index (χ0) is 15.2. The number of nitro benzene ring substituents is 1. The summed E-state index contributed by atoms with van der Waals surface area (Å²) in [7, 11) is 0. The third-order valence-corrected chi connectivity index (χ3v) is 3.11. The van der Waals surface area contributed by atoms with Crippen LogP contribution in [-0.4, -0.2) is 11.0 Å². The van der Waals surface area contributed by atoms with Crippen molar-refractivity contribution in [1.29, 1.82) is 5.26 Å². The number of nitrogens with one attached hydrogen (secondary N) is 1. The van der Waals surface area contributed by atoms with Crippen molar-refractivity contribution < 1.29 is 4.92 Å². The average Bonchev–Trinajstić information content (AvgIpc) is 2.48. The van der Waals surface area contributed by atoms with Crippen LogP contribution in [0.25, 0.3) is 0 Å². The minimum absolute atomic E-state index is 0.0706. The molecule has 0 aliphatic rings. The number of hydrogen-bond donors (Lipinski definition) is 1. The molecule has 0 aliphatic carbocycles. The second-order valence-corrected chi connectivity index (χ2v) is 4.84. The van der Waals surface area contributed by atoms with Crippen LogP contribution >= 0.6 is 0 Å². The van der Waals surface area contributed by atoms with E-state index in [2.05, 4.69) is 5.32 Å². The van der Waals surface area contributed by atoms with Crippen LogP contribution in [0, 0.1) is 21.4 Å². The summed E-state index contributed by atoms with van der Waals surface area (Å²) in [6.45, 7) is 2.01. The summed E-state index contributed by atoms with van der Waals surface area (Å²) in [5.74, 6) is 0. The lowest BCUT2D eigenvalue weighted by Gasteiger charge is -2.15. The maximum Gasteiger partial charge on any atom is 0.289 e. The Balaban J connectivity index is 2.11. The van der Waals surface area contributed by atoms with Crippen molar-refractivity contribution in [3.63, 3.8) is 0 Å². The number of anilines is 1. The van der Waals surface area contributed by atoms with Crippen LogP contribution in [0.15, 0.2) is 48.5 Å². The lowest BCUT2D eigenvalue weighted by atomic mass is 10.1. The molecule has 106 valence electrons. The van der Waals surface area contributed by atoms with E-state index in [1.807, 2.05) is 43.3 Å². The summed E-state index contributed by atoms with van der Waals surface area (Å²) in [6, 6.07) is 16.5. The van der Waals surface area contributed by atoms with Crippen molar-refractivity contribution in [1.82, 2.24) is 0 Å². The van der Waals surface area contributed by atoms with Crippen LogP contribution in [-0.2, 0) is 6.42 Å². The predicted octanol–water partition coefficient (Wildman–Crippen LogP) is 3.51. The van der Waals surface area contributed by atoms with E-state index < -0.39 is 4.92 Å². The van der Waals surface area contributed by atoms with Gasteiger partial charge in [0, 0.05) is 17.8 Å². The molecule has 0 saturated heterocycles. The number of nitriles is 1. The number of rotatable bonds is 5. The summed E-state index contributed by atoms with van der Waals surface area (Å²) in [5, 5.41) is 23.0. The van der Waals surface area contributed by atoms with E-state index in [1.54, 1.807) is 6.07 Å². The van der Waals surface area contributed by atoms with Crippen molar-refractivity contribution in [2.45, 2.75) is 19.4 Å². The molecule has 0 heterocycles. The van der Waals surface area contributed by atoms with Gasteiger partial charge in [0.25, 0.3) is 5.69 Å². The zero-order valence-corrected chi connectivity index (χ0v) is 11.6. The molecule has 0 spiro atoms. The molecule has 2 aromatic rings. The predicted molar refractivity (Wildman–Crippen MR) is 81.0 cm³/mol. The molecule has 1 unspecified atom stereocenters. The van der Waals surface area contributed by atoms with Crippen LogP contribution in [0.5, 0.6) is 0 Å². The summed E-state index contributed by atoms with van der Waals surface area (Å²) < 4.78 is 0. The first kappa shape index (κ1) is 14.5. The SMILES string of the molecule is CC(Cc1ccccc1)Nc1ccc(C#N)c([N+](=O)[O-])c1. The van der Waals surface area contributed by atoms with Gasteiger partial charge >= 0.3 is 0 Å². The first-order valence-corrected chi connectivity index (χ1v) is 6.59. The maximum atomic E-state index is 10.9. The van der Waals surface area contributed by atoms with Crippen molar-refractivity contribution in [2.75, 3.05) is 5.32 Å². The van der Waals surface area contributed by atoms with Crippen molar-refractivity contribution in [3.05, 3.63) is 69.8 Å². The van der Waals surface area contributed by atoms with E-state index in [1.165, 1.54) is 17.7 Å². The van der Waals surface area contributed by atoms with Gasteiger partial charge in [-0.2, -0.15) is 5.26 Å². The molecule has 0 aliphatic heterocycles. The summed E-state index contributed by atoms with van der Waals surface area (Å²) >= 11 is 0. The van der Waals surface area contributed by atoms with E-state index in [4.69, 9.17) is 5.26 Å². The normalized spacial score (nSPS) is 11.4. The van der Waals surface area contributed by atoms with E-state index in [-0.39, 0.29) is 17.3 Å². The van der Waals surface area contributed by atoms with Gasteiger partial charge in [0.1, 0.15) is 11.6 Å². The molecule has 1 atom stereocenters. The van der Waals surface area contributed by atoms with E-state index in [9.17, 15) is 10.1 Å². The summed E-state index contributed by atoms with van der Waals surface area (Å²) in [4.78, 5) is 10.4. The van der Waals surface area contributed by atoms with Crippen LogP contribution in [0.2, 0.25) is 0 Å². The molecule has 2 aromatic carbocycles. The molecule has 5 nitrogen and oxygen atoms in total. The quantitative estimate of drug-likeness (QED) is 0.672. The van der Waals surface area contributed by atoms with Gasteiger partial charge in [0.2, 0.25) is 0 Å². The molecule has 0 aromatic heterocycles. The minimum Gasteiger partial charge on any atom is -0.382 e. The fourth-order valence-corrected chi connectivity index (χ4v) is 2.17. The van der Waals surface area contributed by atoms with Crippen molar-refractivity contribution >= 4 is 11.4 Å². The molecule has 1 N–H and O–H groups in total. The maximum absolute atomic E-state index is 10.9. The molecule has 0 bridgehead atoms. The Morgan fingerprint density at radius 1 is 1.29 bits per heavy atom. The highest BCUT2D eigenvalue weighted by molar-refractivity contribution is 5.59. The lowest BCUT2D eigenvalue weighted by Crippen LogP contribution is -2.18. The van der Waals surface area contributed by atoms with E-state index >= 15 is 0 Å². The number of nitro groups is 1. The van der Waals surface area contributed by atoms with E-state index in [0.717, 1.165) is 6.42 Å². The average molecular weight is 281 g/mol. The lowest BCUT2D eigenvalue weighted by molar-refractivity contribution is -0.385. The Hall–Kier alpha value is -2.87. The van der Waals surface area contributed by atoms with Crippen LogP contribution < -0.4 is 5.32 Å². The monoisotopic (exact) mass is 281 g/mol. The molecule has 21 heavy (non-hydrogen) atoms. The second kappa shape index (κ2) is 6.53. The Kier molecular flexibility index (Phi) is 4.52. The van der Waals surface area contributed by atoms with Gasteiger partial charge in [-0.25, -0.2) is 0 Å². The van der Waals surface area contributed by atoms with Crippen molar-refractivity contribution in [2.24, 2.45) is 0 Å². The van der Waals surface area contributed by atoms with Gasteiger partial charge in [-0.1, -0.05) is 30.3 Å². The highest BCUT2D eigenvalue weighted by atomic mass is 16.6. The van der Waals surface area contributed by atoms with Gasteiger partial charge < -0.3 is 5.32 Å². The summed E-state index contributed by atoms with van der Waals surface area (Å²) in [6.07, 6.45) is 0.814. The van der Waals surface area contributed by atoms with Gasteiger partial charge in [-0.15, -0.1) is 0 Å². The first-order chi connectivity index (χ1) is 10.1. The summed E-state index contributed by atoms with van der Waals surface area (Å²) in [5.41, 5.74) is 1.74. The number of hydrogen-bond acceptors (Lipinski definition) is 4. The number of benzene rings is 2. The molecule has 0 fully saturated rings. The van der Waals surface area contributed by atoms with Crippen molar-refractivity contribution in [3.8, 4) is 6.07 Å². The molecule has 0 amide bonds. The van der Waals surface area contributed by atoms with Gasteiger partial charge in [-0.3, -0.25) is 10.1 Å². The van der Waals surface area contributed by atoms with Gasteiger partial charge in [-0.05, 0) is 31.0 Å². The molecule has 5 heteroatoms. The highest BCUT2D eigenvalue weighted by Gasteiger charge is 2.15. The fraction of sp³-hybridized carbons (Fsp3) is 0.188. The fourth-order valence-electron chi connectivity index (χ4n) is 2.17. The smallest absolute Gasteiger partial charge is 0.289 e. The zero-order valence-electron chi connectivity index (χ0n) is 11.6.